The third kappa shape index (κ3) is 2.54. The molecule has 3 heteroatoms. The Kier molecular flexibility index (Phi) is 3.44. The predicted molar refractivity (Wildman–Crippen MR) is 66.1 cm³/mol. The Bertz CT molecular complexity index is 387. The fraction of sp³-hybridized carbons (Fsp3) is 0.462. The zero-order valence-electron chi connectivity index (χ0n) is 9.86. The molecule has 1 aromatic rings. The van der Waals surface area contributed by atoms with Crippen molar-refractivity contribution in [2.45, 2.75) is 25.8 Å². The van der Waals surface area contributed by atoms with Gasteiger partial charge in [0.25, 0.3) is 0 Å². The van der Waals surface area contributed by atoms with Gasteiger partial charge < -0.3 is 10.1 Å². The molecule has 0 amide bonds. The molecular formula is C13H18N2O. The van der Waals surface area contributed by atoms with E-state index in [1.165, 1.54) is 12.0 Å². The van der Waals surface area contributed by atoms with Gasteiger partial charge in [0.05, 0.1) is 12.9 Å². The molecule has 0 bridgehead atoms. The lowest BCUT2D eigenvalue weighted by molar-refractivity contribution is 0.413. The van der Waals surface area contributed by atoms with Crippen molar-refractivity contribution in [2.75, 3.05) is 13.7 Å². The van der Waals surface area contributed by atoms with Crippen molar-refractivity contribution in [2.24, 2.45) is 4.99 Å². The summed E-state index contributed by atoms with van der Waals surface area (Å²) in [6.45, 7) is 3.11. The van der Waals surface area contributed by atoms with Gasteiger partial charge in [-0.3, -0.25) is 4.99 Å². The first-order valence-corrected chi connectivity index (χ1v) is 5.73. The van der Waals surface area contributed by atoms with Crippen LogP contribution in [0.1, 0.15) is 31.4 Å². The van der Waals surface area contributed by atoms with Crippen molar-refractivity contribution < 1.29 is 4.74 Å². The molecule has 0 spiro atoms. The van der Waals surface area contributed by atoms with Gasteiger partial charge in [-0.15, -0.1) is 0 Å². The molecule has 3 nitrogen and oxygen atoms in total. The van der Waals surface area contributed by atoms with Gasteiger partial charge in [0.15, 0.2) is 0 Å². The van der Waals surface area contributed by atoms with Crippen molar-refractivity contribution >= 4 is 5.84 Å². The van der Waals surface area contributed by atoms with E-state index in [0.717, 1.165) is 24.6 Å². The third-order valence-corrected chi connectivity index (χ3v) is 2.85. The van der Waals surface area contributed by atoms with E-state index in [4.69, 9.17) is 4.74 Å². The molecule has 86 valence electrons. The van der Waals surface area contributed by atoms with Crippen molar-refractivity contribution in [1.82, 2.24) is 5.32 Å². The van der Waals surface area contributed by atoms with E-state index in [1.54, 1.807) is 7.11 Å². The highest BCUT2D eigenvalue weighted by atomic mass is 16.5. The van der Waals surface area contributed by atoms with Crippen LogP contribution in [0.25, 0.3) is 0 Å². The summed E-state index contributed by atoms with van der Waals surface area (Å²) in [5.41, 5.74) is 1.23. The topological polar surface area (TPSA) is 33.6 Å². The molecule has 0 aliphatic carbocycles. The number of nitrogens with one attached hydrogen (secondary N) is 1. The minimum Gasteiger partial charge on any atom is -0.497 e. The molecule has 0 unspecified atom stereocenters. The van der Waals surface area contributed by atoms with E-state index >= 15 is 0 Å². The summed E-state index contributed by atoms with van der Waals surface area (Å²) >= 11 is 0. The molecular weight excluding hydrogens is 200 g/mol. The second-order valence-electron chi connectivity index (χ2n) is 4.07. The first-order valence-electron chi connectivity index (χ1n) is 5.73. The summed E-state index contributed by atoms with van der Waals surface area (Å²) in [7, 11) is 1.69. The molecule has 2 rings (SSSR count). The van der Waals surface area contributed by atoms with Crippen molar-refractivity contribution in [1.29, 1.82) is 0 Å². The fourth-order valence-corrected chi connectivity index (χ4v) is 1.90. The number of hydrogen-bond donors (Lipinski definition) is 1. The Labute approximate surface area is 96.5 Å². The Balaban J connectivity index is 2.04. The fourth-order valence-electron chi connectivity index (χ4n) is 1.90. The summed E-state index contributed by atoms with van der Waals surface area (Å²) in [4.78, 5) is 4.42. The molecule has 0 aromatic heterocycles. The maximum atomic E-state index is 5.22. The Morgan fingerprint density at radius 3 is 3.00 bits per heavy atom. The van der Waals surface area contributed by atoms with Gasteiger partial charge in [0.1, 0.15) is 5.75 Å². The molecule has 1 heterocycles. The van der Waals surface area contributed by atoms with Crippen LogP contribution in [-0.2, 0) is 0 Å². The number of amidine groups is 1. The molecule has 1 aliphatic rings. The monoisotopic (exact) mass is 218 g/mol. The molecule has 0 saturated heterocycles. The number of benzene rings is 1. The first-order chi connectivity index (χ1) is 7.79. The summed E-state index contributed by atoms with van der Waals surface area (Å²) < 4.78 is 5.22. The number of rotatable bonds is 3. The number of hydrogen-bond acceptors (Lipinski definition) is 3. The van der Waals surface area contributed by atoms with Crippen LogP contribution in [0.5, 0.6) is 5.75 Å². The van der Waals surface area contributed by atoms with Crippen LogP contribution in [0.3, 0.4) is 0 Å². The SMILES string of the molecule is COc1cccc([C@H](C)NC2=NCCC2)c1. The van der Waals surface area contributed by atoms with Crippen LogP contribution < -0.4 is 10.1 Å². The van der Waals surface area contributed by atoms with E-state index in [1.807, 2.05) is 12.1 Å². The van der Waals surface area contributed by atoms with E-state index in [-0.39, 0.29) is 6.04 Å². The zero-order chi connectivity index (χ0) is 11.4. The number of methoxy groups -OCH3 is 1. The van der Waals surface area contributed by atoms with Crippen LogP contribution in [0.4, 0.5) is 0 Å². The standard InChI is InChI=1S/C13H18N2O/c1-10(15-13-7-4-8-14-13)11-5-3-6-12(9-11)16-2/h3,5-6,9-10H,4,7-8H2,1-2H3,(H,14,15)/t10-/m0/s1. The van der Waals surface area contributed by atoms with Crippen LogP contribution in [0.15, 0.2) is 29.3 Å². The minimum absolute atomic E-state index is 0.284. The first kappa shape index (κ1) is 11.0. The molecule has 0 saturated carbocycles. The molecule has 1 aromatic carbocycles. The highest BCUT2D eigenvalue weighted by Gasteiger charge is 2.11. The Hall–Kier alpha value is -1.51. The third-order valence-electron chi connectivity index (χ3n) is 2.85. The molecule has 0 fully saturated rings. The summed E-state index contributed by atoms with van der Waals surface area (Å²) in [5, 5.41) is 3.44. The zero-order valence-corrected chi connectivity index (χ0v) is 9.86. The van der Waals surface area contributed by atoms with E-state index in [9.17, 15) is 0 Å². The van der Waals surface area contributed by atoms with Crippen LogP contribution >= 0.6 is 0 Å². The summed E-state index contributed by atoms with van der Waals surface area (Å²) in [5.74, 6) is 2.04. The predicted octanol–water partition coefficient (Wildman–Crippen LogP) is 2.54. The Morgan fingerprint density at radius 1 is 1.44 bits per heavy atom. The lowest BCUT2D eigenvalue weighted by atomic mass is 10.1. The highest BCUT2D eigenvalue weighted by Crippen LogP contribution is 2.19. The summed E-state index contributed by atoms with van der Waals surface area (Å²) in [6, 6.07) is 8.43. The summed E-state index contributed by atoms with van der Waals surface area (Å²) in [6.07, 6.45) is 2.25. The normalized spacial score (nSPS) is 16.8. The largest absolute Gasteiger partial charge is 0.497 e. The smallest absolute Gasteiger partial charge is 0.119 e. The Morgan fingerprint density at radius 2 is 2.31 bits per heavy atom. The van der Waals surface area contributed by atoms with Crippen molar-refractivity contribution in [3.63, 3.8) is 0 Å². The molecule has 1 aliphatic heterocycles. The molecule has 1 N–H and O–H groups in total. The van der Waals surface area contributed by atoms with E-state index in [0.29, 0.717) is 0 Å². The maximum absolute atomic E-state index is 5.22. The van der Waals surface area contributed by atoms with E-state index < -0.39 is 0 Å². The second-order valence-corrected chi connectivity index (χ2v) is 4.07. The van der Waals surface area contributed by atoms with Gasteiger partial charge in [-0.25, -0.2) is 0 Å². The molecule has 0 radical (unpaired) electrons. The number of nitrogens with zero attached hydrogens (tertiary/aromatic N) is 1. The number of ether oxygens (including phenoxy) is 1. The average molecular weight is 218 g/mol. The van der Waals surface area contributed by atoms with Crippen LogP contribution in [0.2, 0.25) is 0 Å². The van der Waals surface area contributed by atoms with Crippen LogP contribution in [-0.4, -0.2) is 19.5 Å². The maximum Gasteiger partial charge on any atom is 0.119 e. The van der Waals surface area contributed by atoms with Gasteiger partial charge >= 0.3 is 0 Å². The lowest BCUT2D eigenvalue weighted by Crippen LogP contribution is -2.24. The second kappa shape index (κ2) is 5.01. The van der Waals surface area contributed by atoms with Crippen molar-refractivity contribution in [3.8, 4) is 5.75 Å². The molecule has 1 atom stereocenters. The quantitative estimate of drug-likeness (QED) is 0.845. The average Bonchev–Trinajstić information content (AvgIpc) is 2.82. The van der Waals surface area contributed by atoms with Gasteiger partial charge in [-0.05, 0) is 31.0 Å². The van der Waals surface area contributed by atoms with Crippen molar-refractivity contribution in [3.05, 3.63) is 29.8 Å². The van der Waals surface area contributed by atoms with Gasteiger partial charge in [0.2, 0.25) is 0 Å². The minimum atomic E-state index is 0.284. The van der Waals surface area contributed by atoms with Crippen LogP contribution in [0, 0.1) is 0 Å². The number of aliphatic imine (C=N–C) groups is 1. The van der Waals surface area contributed by atoms with E-state index in [2.05, 4.69) is 29.4 Å². The van der Waals surface area contributed by atoms with Gasteiger partial charge in [0, 0.05) is 19.0 Å². The lowest BCUT2D eigenvalue weighted by Gasteiger charge is -2.16. The van der Waals surface area contributed by atoms with Gasteiger partial charge in [-0.2, -0.15) is 0 Å². The molecule has 16 heavy (non-hydrogen) atoms. The van der Waals surface area contributed by atoms with Gasteiger partial charge in [-0.1, -0.05) is 12.1 Å². The highest BCUT2D eigenvalue weighted by molar-refractivity contribution is 5.83.